The number of hydrogen-bond donors (Lipinski definition) is 1. The van der Waals surface area contributed by atoms with Gasteiger partial charge in [-0.15, -0.1) is 0 Å². The lowest BCUT2D eigenvalue weighted by Crippen LogP contribution is -2.32. The molecule has 0 fully saturated rings. The van der Waals surface area contributed by atoms with Crippen molar-refractivity contribution < 1.29 is 0 Å². The van der Waals surface area contributed by atoms with E-state index in [4.69, 9.17) is 0 Å². The molecule has 0 atom stereocenters. The van der Waals surface area contributed by atoms with Crippen LogP contribution in [0.1, 0.15) is 0 Å². The first-order valence-electron chi connectivity index (χ1n) is 5.22. The minimum atomic E-state index is 0.00720. The number of fused-ring (bicyclic) bond motifs is 1. The summed E-state index contributed by atoms with van der Waals surface area (Å²) in [5.41, 5.74) is 1.05. The second kappa shape index (κ2) is 4.75. The van der Waals surface area contributed by atoms with Crippen LogP contribution in [0.4, 0.5) is 11.5 Å². The van der Waals surface area contributed by atoms with Crippen LogP contribution >= 0.6 is 20.7 Å². The number of anilines is 2. The topological polar surface area (TPSA) is 37.8 Å². The van der Waals surface area contributed by atoms with Crippen LogP contribution in [0.25, 0.3) is 10.2 Å². The van der Waals surface area contributed by atoms with Crippen LogP contribution in [0.15, 0.2) is 36.7 Å². The normalized spacial score (nSPS) is 12.7. The summed E-state index contributed by atoms with van der Waals surface area (Å²) in [6.07, 6.45) is 3.69. The monoisotopic (exact) mass is 335 g/mol. The molecule has 0 saturated heterocycles. The molecule has 0 amide bonds. The van der Waals surface area contributed by atoms with E-state index in [1.54, 1.807) is 6.33 Å². The van der Waals surface area contributed by atoms with Crippen molar-refractivity contribution in [3.05, 3.63) is 47.2 Å². The molecule has 3 nitrogen and oxygen atoms in total. The SMILES string of the molecule is C1=IC=c2c(Nc3ccccc3)ncnc2=C1. The van der Waals surface area contributed by atoms with E-state index in [9.17, 15) is 0 Å². The summed E-state index contributed by atoms with van der Waals surface area (Å²) in [6, 6.07) is 10.1. The zero-order valence-corrected chi connectivity index (χ0v) is 11.1. The number of nitrogens with zero attached hydrogens (tertiary/aromatic N) is 2. The van der Waals surface area contributed by atoms with Gasteiger partial charge in [-0.05, 0) is 26.3 Å². The number of hydrogen-bond acceptors (Lipinski definition) is 3. The molecule has 2 heterocycles. The maximum atomic E-state index is 4.32. The summed E-state index contributed by atoms with van der Waals surface area (Å²) >= 11 is 0.00720. The average Bonchev–Trinajstić information content (AvgIpc) is 2.40. The molecule has 1 aliphatic heterocycles. The van der Waals surface area contributed by atoms with Crippen molar-refractivity contribution in [3.8, 4) is 0 Å². The Balaban J connectivity index is 2.07. The molecule has 2 aromatic rings. The first-order valence-corrected chi connectivity index (χ1v) is 7.71. The Hall–Kier alpha value is -1.56. The third kappa shape index (κ3) is 2.26. The summed E-state index contributed by atoms with van der Waals surface area (Å²) in [5.74, 6) is 0.894. The van der Waals surface area contributed by atoms with E-state index >= 15 is 0 Å². The van der Waals surface area contributed by atoms with E-state index in [0.717, 1.165) is 22.1 Å². The van der Waals surface area contributed by atoms with Gasteiger partial charge in [-0.25, -0.2) is 9.97 Å². The molecule has 1 aromatic heterocycles. The van der Waals surface area contributed by atoms with Gasteiger partial charge in [0, 0.05) is 10.9 Å². The third-order valence-corrected chi connectivity index (χ3v) is 4.17. The van der Waals surface area contributed by atoms with E-state index in [1.807, 2.05) is 30.3 Å². The molecule has 3 rings (SSSR count). The van der Waals surface area contributed by atoms with Crippen molar-refractivity contribution in [2.24, 2.45) is 0 Å². The smallest absolute Gasteiger partial charge is 0.142 e. The molecule has 0 bridgehead atoms. The van der Waals surface area contributed by atoms with Crippen LogP contribution in [0, 0.1) is 0 Å². The van der Waals surface area contributed by atoms with Crippen molar-refractivity contribution >= 4 is 46.4 Å². The van der Waals surface area contributed by atoms with E-state index in [0.29, 0.717) is 0 Å². The zero-order valence-electron chi connectivity index (χ0n) is 8.97. The van der Waals surface area contributed by atoms with E-state index in [-0.39, 0.29) is 20.7 Å². The van der Waals surface area contributed by atoms with Crippen LogP contribution in [-0.2, 0) is 0 Å². The van der Waals surface area contributed by atoms with Crippen LogP contribution in [-0.4, -0.2) is 14.0 Å². The number of nitrogens with one attached hydrogen (secondary N) is 1. The van der Waals surface area contributed by atoms with Crippen molar-refractivity contribution in [1.29, 1.82) is 0 Å². The molecule has 4 heteroatoms. The predicted octanol–water partition coefficient (Wildman–Crippen LogP) is 1.53. The summed E-state index contributed by atoms with van der Waals surface area (Å²) in [5, 5.41) is 5.47. The lowest BCUT2D eigenvalue weighted by Gasteiger charge is -2.06. The van der Waals surface area contributed by atoms with Gasteiger partial charge in [-0.3, -0.25) is 0 Å². The molecule has 1 aliphatic rings. The molecule has 84 valence electrons. The molecule has 1 N–H and O–H groups in total. The first kappa shape index (κ1) is 10.6. The maximum Gasteiger partial charge on any atom is 0.142 e. The second-order valence-corrected chi connectivity index (χ2v) is 5.60. The number of aromatic nitrogens is 2. The van der Waals surface area contributed by atoms with Crippen molar-refractivity contribution in [2.45, 2.75) is 0 Å². The summed E-state index contributed by atoms with van der Waals surface area (Å²) in [4.78, 5) is 8.59. The lowest BCUT2D eigenvalue weighted by atomic mass is 10.3. The molecule has 17 heavy (non-hydrogen) atoms. The molecule has 0 radical (unpaired) electrons. The van der Waals surface area contributed by atoms with Crippen molar-refractivity contribution in [3.63, 3.8) is 0 Å². The highest BCUT2D eigenvalue weighted by atomic mass is 127. The summed E-state index contributed by atoms with van der Waals surface area (Å²) in [7, 11) is 0. The minimum absolute atomic E-state index is 0.00720. The Morgan fingerprint density at radius 2 is 1.94 bits per heavy atom. The number of rotatable bonds is 2. The molecule has 0 aliphatic carbocycles. The van der Waals surface area contributed by atoms with Crippen LogP contribution in [0.5, 0.6) is 0 Å². The highest BCUT2D eigenvalue weighted by Gasteiger charge is 2.00. The molecule has 0 unspecified atom stereocenters. The average molecular weight is 335 g/mol. The standard InChI is InChI=1S/C13H10IN3/c1-2-4-10(5-3-1)17-13-11-8-14-7-6-12(11)15-9-16-13/h1-9H,(H,15,16,17). The fourth-order valence-corrected chi connectivity index (χ4v) is 3.33. The zero-order chi connectivity index (χ0) is 11.5. The van der Waals surface area contributed by atoms with E-state index in [2.05, 4.69) is 29.5 Å². The Kier molecular flexibility index (Phi) is 2.96. The van der Waals surface area contributed by atoms with Gasteiger partial charge in [0.15, 0.2) is 0 Å². The fraction of sp³-hybridized carbons (Fsp3) is 0. The maximum absolute atomic E-state index is 4.32. The van der Waals surface area contributed by atoms with Crippen LogP contribution in [0.2, 0.25) is 0 Å². The Morgan fingerprint density at radius 1 is 1.06 bits per heavy atom. The molecule has 0 spiro atoms. The summed E-state index contributed by atoms with van der Waals surface area (Å²) in [6.45, 7) is 0. The summed E-state index contributed by atoms with van der Waals surface area (Å²) < 4.78 is 4.46. The van der Waals surface area contributed by atoms with E-state index in [1.165, 1.54) is 0 Å². The third-order valence-electron chi connectivity index (χ3n) is 2.42. The Labute approximate surface area is 109 Å². The second-order valence-electron chi connectivity index (χ2n) is 3.54. The van der Waals surface area contributed by atoms with Crippen molar-refractivity contribution in [2.75, 3.05) is 5.32 Å². The minimum Gasteiger partial charge on any atom is -0.340 e. The van der Waals surface area contributed by atoms with Gasteiger partial charge in [0.25, 0.3) is 0 Å². The quantitative estimate of drug-likeness (QED) is 0.846. The number of halogens is 1. The Morgan fingerprint density at radius 3 is 2.82 bits per heavy atom. The highest BCUT2D eigenvalue weighted by Crippen LogP contribution is 2.10. The van der Waals surface area contributed by atoms with Gasteiger partial charge in [-0.1, -0.05) is 38.9 Å². The van der Waals surface area contributed by atoms with Crippen LogP contribution in [0.3, 0.4) is 0 Å². The van der Waals surface area contributed by atoms with Gasteiger partial charge < -0.3 is 5.32 Å². The molecular formula is C13H10IN3. The van der Waals surface area contributed by atoms with Crippen LogP contribution < -0.4 is 15.9 Å². The van der Waals surface area contributed by atoms with Gasteiger partial charge >= 0.3 is 0 Å². The van der Waals surface area contributed by atoms with Gasteiger partial charge in [-0.2, -0.15) is 0 Å². The number of para-hydroxylation sites is 1. The first-order chi connectivity index (χ1) is 8.43. The fourth-order valence-electron chi connectivity index (χ4n) is 1.60. The largest absolute Gasteiger partial charge is 0.340 e. The van der Waals surface area contributed by atoms with Gasteiger partial charge in [0.05, 0.1) is 5.35 Å². The Bertz CT molecular complexity index is 678. The van der Waals surface area contributed by atoms with Crippen molar-refractivity contribution in [1.82, 2.24) is 9.97 Å². The van der Waals surface area contributed by atoms with Gasteiger partial charge in [0.1, 0.15) is 12.1 Å². The molecular weight excluding hydrogens is 325 g/mol. The number of benzene rings is 1. The molecule has 0 saturated carbocycles. The lowest BCUT2D eigenvalue weighted by molar-refractivity contribution is 1.11. The highest BCUT2D eigenvalue weighted by molar-refractivity contribution is 14.2. The predicted molar refractivity (Wildman–Crippen MR) is 80.0 cm³/mol. The van der Waals surface area contributed by atoms with E-state index < -0.39 is 0 Å². The van der Waals surface area contributed by atoms with Gasteiger partial charge in [0.2, 0.25) is 0 Å². The molecule has 1 aromatic carbocycles.